The maximum atomic E-state index is 11.3. The second kappa shape index (κ2) is 3.80. The molecular formula is C12H18N2O. The van der Waals surface area contributed by atoms with Gasteiger partial charge in [0.2, 0.25) is 0 Å². The first-order valence-electron chi connectivity index (χ1n) is 5.69. The fraction of sp³-hybridized carbons (Fsp3) is 0.667. The van der Waals surface area contributed by atoms with E-state index in [1.807, 2.05) is 10.9 Å². The molecule has 0 saturated heterocycles. The lowest BCUT2D eigenvalue weighted by Crippen LogP contribution is -2.16. The highest BCUT2D eigenvalue weighted by Crippen LogP contribution is 2.38. The molecule has 1 atom stereocenters. The molecule has 0 amide bonds. The smallest absolute Gasteiger partial charge is 0.133 e. The Morgan fingerprint density at radius 2 is 2.40 bits per heavy atom. The van der Waals surface area contributed by atoms with Gasteiger partial charge in [0.15, 0.2) is 0 Å². The van der Waals surface area contributed by atoms with Crippen LogP contribution >= 0.6 is 0 Å². The van der Waals surface area contributed by atoms with Crippen molar-refractivity contribution in [1.82, 2.24) is 9.78 Å². The minimum absolute atomic E-state index is 0.0447. The highest BCUT2D eigenvalue weighted by atomic mass is 16.1. The summed E-state index contributed by atoms with van der Waals surface area (Å²) in [6.45, 7) is 5.28. The van der Waals surface area contributed by atoms with E-state index in [-0.39, 0.29) is 5.41 Å². The van der Waals surface area contributed by atoms with E-state index in [1.165, 1.54) is 5.56 Å². The molecule has 1 aromatic heterocycles. The van der Waals surface area contributed by atoms with Crippen LogP contribution in [-0.4, -0.2) is 15.6 Å². The molecule has 0 aromatic carbocycles. The Hall–Kier alpha value is -1.12. The van der Waals surface area contributed by atoms with Crippen LogP contribution in [0, 0.1) is 0 Å². The Morgan fingerprint density at radius 3 is 3.00 bits per heavy atom. The molecular weight excluding hydrogens is 188 g/mol. The third-order valence-corrected chi connectivity index (χ3v) is 3.33. The van der Waals surface area contributed by atoms with E-state index >= 15 is 0 Å². The largest absolute Gasteiger partial charge is 0.300 e. The number of hydrogen-bond acceptors (Lipinski definition) is 2. The van der Waals surface area contributed by atoms with Crippen LogP contribution in [0.15, 0.2) is 12.4 Å². The average molecular weight is 206 g/mol. The van der Waals surface area contributed by atoms with E-state index in [0.29, 0.717) is 12.2 Å². The maximum Gasteiger partial charge on any atom is 0.133 e. The van der Waals surface area contributed by atoms with Gasteiger partial charge in [-0.15, -0.1) is 0 Å². The van der Waals surface area contributed by atoms with Crippen molar-refractivity contribution < 1.29 is 4.79 Å². The maximum absolute atomic E-state index is 11.3. The van der Waals surface area contributed by atoms with Gasteiger partial charge in [0, 0.05) is 31.0 Å². The number of ketones is 1. The molecule has 0 bridgehead atoms. The number of aromatic nitrogens is 2. The van der Waals surface area contributed by atoms with Crippen molar-refractivity contribution in [3.8, 4) is 0 Å². The summed E-state index contributed by atoms with van der Waals surface area (Å²) in [7, 11) is 0. The van der Waals surface area contributed by atoms with Gasteiger partial charge in [0.25, 0.3) is 0 Å². The topological polar surface area (TPSA) is 34.9 Å². The Kier molecular flexibility index (Phi) is 2.63. The molecule has 0 radical (unpaired) electrons. The summed E-state index contributed by atoms with van der Waals surface area (Å²) in [5.74, 6) is 0.390. The number of aryl methyl sites for hydroxylation is 1. The third kappa shape index (κ3) is 1.96. The van der Waals surface area contributed by atoms with E-state index in [9.17, 15) is 4.79 Å². The average Bonchev–Trinajstić information content (AvgIpc) is 2.75. The fourth-order valence-electron chi connectivity index (χ4n) is 2.30. The molecule has 3 heteroatoms. The summed E-state index contributed by atoms with van der Waals surface area (Å²) >= 11 is 0. The zero-order chi connectivity index (χ0) is 10.9. The van der Waals surface area contributed by atoms with Crippen LogP contribution in [0.5, 0.6) is 0 Å². The molecule has 1 heterocycles. The van der Waals surface area contributed by atoms with Gasteiger partial charge < -0.3 is 0 Å². The molecule has 2 rings (SSSR count). The number of carbonyl (C=O) groups is 1. The zero-order valence-electron chi connectivity index (χ0n) is 9.49. The first-order valence-corrected chi connectivity index (χ1v) is 5.69. The van der Waals surface area contributed by atoms with Crippen molar-refractivity contribution in [1.29, 1.82) is 0 Å². The summed E-state index contributed by atoms with van der Waals surface area (Å²) in [5.41, 5.74) is 1.27. The van der Waals surface area contributed by atoms with E-state index in [1.54, 1.807) is 0 Å². The number of carbonyl (C=O) groups excluding carboxylic acids is 1. The molecule has 0 aliphatic heterocycles. The summed E-state index contributed by atoms with van der Waals surface area (Å²) in [5, 5.41) is 4.33. The Balaban J connectivity index is 2.18. The minimum Gasteiger partial charge on any atom is -0.300 e. The second-order valence-corrected chi connectivity index (χ2v) is 4.77. The highest BCUT2D eigenvalue weighted by molar-refractivity contribution is 5.82. The predicted molar refractivity (Wildman–Crippen MR) is 58.7 cm³/mol. The number of rotatable bonds is 3. The quantitative estimate of drug-likeness (QED) is 0.760. The van der Waals surface area contributed by atoms with Gasteiger partial charge >= 0.3 is 0 Å². The summed E-state index contributed by atoms with van der Waals surface area (Å²) in [6, 6.07) is 0. The lowest BCUT2D eigenvalue weighted by atomic mass is 9.83. The SMILES string of the molecule is CCCn1cc(C2(C)CCC(=O)C2)cn1. The number of nitrogens with zero attached hydrogens (tertiary/aromatic N) is 2. The molecule has 1 fully saturated rings. The number of hydrogen-bond donors (Lipinski definition) is 0. The Morgan fingerprint density at radius 1 is 1.60 bits per heavy atom. The van der Waals surface area contributed by atoms with Gasteiger partial charge in [-0.25, -0.2) is 0 Å². The Bertz CT molecular complexity index is 369. The molecule has 1 aliphatic rings. The molecule has 1 unspecified atom stereocenters. The third-order valence-electron chi connectivity index (χ3n) is 3.33. The van der Waals surface area contributed by atoms with Crippen LogP contribution in [0.2, 0.25) is 0 Å². The van der Waals surface area contributed by atoms with Crippen molar-refractivity contribution in [3.05, 3.63) is 18.0 Å². The highest BCUT2D eigenvalue weighted by Gasteiger charge is 2.36. The van der Waals surface area contributed by atoms with Crippen LogP contribution in [0.25, 0.3) is 0 Å². The summed E-state index contributed by atoms with van der Waals surface area (Å²) in [6.07, 6.45) is 7.51. The van der Waals surface area contributed by atoms with E-state index in [0.717, 1.165) is 25.8 Å². The molecule has 1 aliphatic carbocycles. The first-order chi connectivity index (χ1) is 7.14. The van der Waals surface area contributed by atoms with Gasteiger partial charge in [0.1, 0.15) is 5.78 Å². The summed E-state index contributed by atoms with van der Waals surface area (Å²) in [4.78, 5) is 11.3. The van der Waals surface area contributed by atoms with Crippen LogP contribution in [0.1, 0.15) is 45.1 Å². The van der Waals surface area contributed by atoms with Crippen LogP contribution in [-0.2, 0) is 16.8 Å². The number of Topliss-reactive ketones (excluding diaryl/α,β-unsaturated/α-hetero) is 1. The summed E-state index contributed by atoms with van der Waals surface area (Å²) < 4.78 is 1.98. The molecule has 1 saturated carbocycles. The van der Waals surface area contributed by atoms with Gasteiger partial charge in [0.05, 0.1) is 6.20 Å². The van der Waals surface area contributed by atoms with Crippen LogP contribution in [0.3, 0.4) is 0 Å². The normalized spacial score (nSPS) is 26.1. The fourth-order valence-corrected chi connectivity index (χ4v) is 2.30. The van der Waals surface area contributed by atoms with Crippen molar-refractivity contribution in [2.24, 2.45) is 0 Å². The van der Waals surface area contributed by atoms with Crippen LogP contribution in [0.4, 0.5) is 0 Å². The van der Waals surface area contributed by atoms with Crippen molar-refractivity contribution in [3.63, 3.8) is 0 Å². The minimum atomic E-state index is 0.0447. The molecule has 15 heavy (non-hydrogen) atoms. The van der Waals surface area contributed by atoms with Crippen molar-refractivity contribution in [2.45, 2.75) is 51.5 Å². The molecule has 82 valence electrons. The molecule has 0 N–H and O–H groups in total. The standard InChI is InChI=1S/C12H18N2O/c1-3-6-14-9-10(8-13-14)12(2)5-4-11(15)7-12/h8-9H,3-7H2,1-2H3. The van der Waals surface area contributed by atoms with Gasteiger partial charge in [-0.3, -0.25) is 9.48 Å². The predicted octanol–water partition coefficient (Wildman–Crippen LogP) is 2.30. The van der Waals surface area contributed by atoms with E-state index in [4.69, 9.17) is 0 Å². The van der Waals surface area contributed by atoms with Gasteiger partial charge in [-0.1, -0.05) is 13.8 Å². The lowest BCUT2D eigenvalue weighted by Gasteiger charge is -2.20. The monoisotopic (exact) mass is 206 g/mol. The van der Waals surface area contributed by atoms with Gasteiger partial charge in [-0.05, 0) is 18.4 Å². The molecule has 0 spiro atoms. The van der Waals surface area contributed by atoms with Crippen molar-refractivity contribution >= 4 is 5.78 Å². The van der Waals surface area contributed by atoms with Crippen LogP contribution < -0.4 is 0 Å². The van der Waals surface area contributed by atoms with Crippen molar-refractivity contribution in [2.75, 3.05) is 0 Å². The first kappa shape index (κ1) is 10.4. The van der Waals surface area contributed by atoms with E-state index in [2.05, 4.69) is 25.1 Å². The molecule has 3 nitrogen and oxygen atoms in total. The molecule has 1 aromatic rings. The Labute approximate surface area is 90.5 Å². The second-order valence-electron chi connectivity index (χ2n) is 4.77. The lowest BCUT2D eigenvalue weighted by molar-refractivity contribution is -0.117. The van der Waals surface area contributed by atoms with Gasteiger partial charge in [-0.2, -0.15) is 5.10 Å². The zero-order valence-corrected chi connectivity index (χ0v) is 9.49. The van der Waals surface area contributed by atoms with E-state index < -0.39 is 0 Å².